The number of hydrogen-bond donors (Lipinski definition) is 1. The molecule has 2 aromatic carbocycles. The van der Waals surface area contributed by atoms with Crippen molar-refractivity contribution in [2.24, 2.45) is 0 Å². The van der Waals surface area contributed by atoms with Crippen LogP contribution in [-0.2, 0) is 11.2 Å². The Morgan fingerprint density at radius 2 is 2.15 bits per heavy atom. The number of aryl methyl sites for hydroxylation is 1. The number of rotatable bonds is 2. The molecule has 0 aliphatic carbocycles. The summed E-state index contributed by atoms with van der Waals surface area (Å²) in [6.07, 6.45) is 0.507. The number of benzene rings is 2. The quantitative estimate of drug-likeness (QED) is 0.672. The molecule has 2 heterocycles. The molecule has 0 bridgehead atoms. The SMILES string of the molecule is CCOC(=O)N1CCc2c([nH]c3ccc(C)cc23)C1c1cccc(Cl)c1. The van der Waals surface area contributed by atoms with Crippen LogP contribution in [-0.4, -0.2) is 29.1 Å². The molecule has 0 spiro atoms. The molecule has 0 fully saturated rings. The van der Waals surface area contributed by atoms with Crippen LogP contribution in [0.25, 0.3) is 10.9 Å². The van der Waals surface area contributed by atoms with Gasteiger partial charge in [0.25, 0.3) is 0 Å². The maximum absolute atomic E-state index is 12.6. The van der Waals surface area contributed by atoms with Crippen LogP contribution in [0.5, 0.6) is 0 Å². The molecule has 5 heteroatoms. The van der Waals surface area contributed by atoms with E-state index in [0.29, 0.717) is 18.2 Å². The molecule has 1 amide bonds. The Morgan fingerprint density at radius 3 is 2.92 bits per heavy atom. The summed E-state index contributed by atoms with van der Waals surface area (Å²) in [5.74, 6) is 0. The van der Waals surface area contributed by atoms with Gasteiger partial charge in [0.2, 0.25) is 0 Å². The highest BCUT2D eigenvalue weighted by Crippen LogP contribution is 2.39. The van der Waals surface area contributed by atoms with Gasteiger partial charge in [0.15, 0.2) is 0 Å². The number of halogens is 1. The second kappa shape index (κ2) is 6.69. The number of fused-ring (bicyclic) bond motifs is 3. The lowest BCUT2D eigenvalue weighted by Crippen LogP contribution is -2.41. The molecule has 1 unspecified atom stereocenters. The van der Waals surface area contributed by atoms with Gasteiger partial charge in [-0.2, -0.15) is 0 Å². The molecule has 0 saturated carbocycles. The molecule has 4 nitrogen and oxygen atoms in total. The monoisotopic (exact) mass is 368 g/mol. The first-order chi connectivity index (χ1) is 12.6. The van der Waals surface area contributed by atoms with E-state index < -0.39 is 0 Å². The van der Waals surface area contributed by atoms with Gasteiger partial charge in [-0.1, -0.05) is 35.4 Å². The summed E-state index contributed by atoms with van der Waals surface area (Å²) in [5.41, 5.74) is 5.63. The Hall–Kier alpha value is -2.46. The van der Waals surface area contributed by atoms with Gasteiger partial charge in [-0.15, -0.1) is 0 Å². The Balaban J connectivity index is 1.89. The van der Waals surface area contributed by atoms with E-state index in [1.807, 2.05) is 31.2 Å². The van der Waals surface area contributed by atoms with Crippen molar-refractivity contribution < 1.29 is 9.53 Å². The molecular weight excluding hydrogens is 348 g/mol. The van der Waals surface area contributed by atoms with E-state index in [-0.39, 0.29) is 12.1 Å². The summed E-state index contributed by atoms with van der Waals surface area (Å²) in [6.45, 7) is 4.90. The first-order valence-electron chi connectivity index (χ1n) is 8.88. The summed E-state index contributed by atoms with van der Waals surface area (Å²) in [6, 6.07) is 13.9. The highest BCUT2D eigenvalue weighted by atomic mass is 35.5. The third-order valence-corrected chi connectivity index (χ3v) is 5.18. The Morgan fingerprint density at radius 1 is 1.31 bits per heavy atom. The predicted molar refractivity (Wildman–Crippen MR) is 104 cm³/mol. The molecule has 4 rings (SSSR count). The van der Waals surface area contributed by atoms with Crippen LogP contribution in [0.2, 0.25) is 5.02 Å². The van der Waals surface area contributed by atoms with Gasteiger partial charge >= 0.3 is 6.09 Å². The number of amides is 1. The van der Waals surface area contributed by atoms with Crippen molar-refractivity contribution in [1.82, 2.24) is 9.88 Å². The molecule has 1 N–H and O–H groups in total. The van der Waals surface area contributed by atoms with Gasteiger partial charge in [-0.3, -0.25) is 4.90 Å². The van der Waals surface area contributed by atoms with Crippen molar-refractivity contribution in [3.63, 3.8) is 0 Å². The number of nitrogens with zero attached hydrogens (tertiary/aromatic N) is 1. The summed E-state index contributed by atoms with van der Waals surface area (Å²) in [7, 11) is 0. The molecule has 0 saturated heterocycles. The third-order valence-electron chi connectivity index (χ3n) is 4.95. The molecule has 1 atom stereocenters. The second-order valence-electron chi connectivity index (χ2n) is 6.67. The topological polar surface area (TPSA) is 45.3 Å². The van der Waals surface area contributed by atoms with E-state index in [2.05, 4.69) is 30.1 Å². The van der Waals surface area contributed by atoms with Gasteiger partial charge in [-0.25, -0.2) is 4.79 Å². The average molecular weight is 369 g/mol. The Kier molecular flexibility index (Phi) is 4.37. The molecule has 134 valence electrons. The van der Waals surface area contributed by atoms with Crippen molar-refractivity contribution >= 4 is 28.6 Å². The predicted octanol–water partition coefficient (Wildman–Crippen LogP) is 5.23. The van der Waals surface area contributed by atoms with Gasteiger partial charge in [0, 0.05) is 28.2 Å². The van der Waals surface area contributed by atoms with E-state index in [1.165, 1.54) is 16.5 Å². The highest BCUT2D eigenvalue weighted by molar-refractivity contribution is 6.30. The van der Waals surface area contributed by atoms with Crippen molar-refractivity contribution in [2.45, 2.75) is 26.3 Å². The number of H-pyrrole nitrogens is 1. The molecule has 0 radical (unpaired) electrons. The van der Waals surface area contributed by atoms with E-state index in [9.17, 15) is 4.79 Å². The molecule has 1 aliphatic rings. The third kappa shape index (κ3) is 2.84. The highest BCUT2D eigenvalue weighted by Gasteiger charge is 2.35. The van der Waals surface area contributed by atoms with E-state index in [4.69, 9.17) is 16.3 Å². The number of carbonyl (C=O) groups excluding carboxylic acids is 1. The van der Waals surface area contributed by atoms with Crippen molar-refractivity contribution in [2.75, 3.05) is 13.2 Å². The van der Waals surface area contributed by atoms with Crippen molar-refractivity contribution in [3.8, 4) is 0 Å². The Bertz CT molecular complexity index is 979. The normalized spacial score (nSPS) is 16.6. The van der Waals surface area contributed by atoms with Gasteiger partial charge < -0.3 is 9.72 Å². The first-order valence-corrected chi connectivity index (χ1v) is 9.26. The minimum Gasteiger partial charge on any atom is -0.450 e. The van der Waals surface area contributed by atoms with Crippen LogP contribution in [0.4, 0.5) is 4.79 Å². The smallest absolute Gasteiger partial charge is 0.410 e. The maximum atomic E-state index is 12.6. The van der Waals surface area contributed by atoms with Crippen LogP contribution in [0.3, 0.4) is 0 Å². The molecule has 1 aromatic heterocycles. The van der Waals surface area contributed by atoms with E-state index in [0.717, 1.165) is 23.2 Å². The zero-order chi connectivity index (χ0) is 18.3. The Labute approximate surface area is 157 Å². The van der Waals surface area contributed by atoms with Crippen LogP contribution in [0, 0.1) is 6.92 Å². The molecule has 26 heavy (non-hydrogen) atoms. The maximum Gasteiger partial charge on any atom is 0.410 e. The van der Waals surface area contributed by atoms with E-state index >= 15 is 0 Å². The fraction of sp³-hybridized carbons (Fsp3) is 0.286. The van der Waals surface area contributed by atoms with Gasteiger partial charge in [-0.05, 0) is 55.7 Å². The zero-order valence-corrected chi connectivity index (χ0v) is 15.6. The number of nitrogens with one attached hydrogen (secondary N) is 1. The van der Waals surface area contributed by atoms with Crippen LogP contribution in [0.15, 0.2) is 42.5 Å². The number of ether oxygens (including phenoxy) is 1. The van der Waals surface area contributed by atoms with Gasteiger partial charge in [0.1, 0.15) is 6.04 Å². The fourth-order valence-electron chi connectivity index (χ4n) is 3.83. The molecule has 1 aliphatic heterocycles. The van der Waals surface area contributed by atoms with Crippen LogP contribution < -0.4 is 0 Å². The minimum atomic E-state index is -0.294. The zero-order valence-electron chi connectivity index (χ0n) is 14.9. The van der Waals surface area contributed by atoms with E-state index in [1.54, 1.807) is 4.90 Å². The van der Waals surface area contributed by atoms with Crippen molar-refractivity contribution in [1.29, 1.82) is 0 Å². The number of aromatic amines is 1. The summed E-state index contributed by atoms with van der Waals surface area (Å²) < 4.78 is 5.31. The van der Waals surface area contributed by atoms with Gasteiger partial charge in [0.05, 0.1) is 6.61 Å². The molecule has 3 aromatic rings. The summed E-state index contributed by atoms with van der Waals surface area (Å²) in [4.78, 5) is 17.9. The van der Waals surface area contributed by atoms with Crippen LogP contribution in [0.1, 0.15) is 35.3 Å². The number of carbonyl (C=O) groups is 1. The lowest BCUT2D eigenvalue weighted by atomic mass is 9.92. The largest absolute Gasteiger partial charge is 0.450 e. The van der Waals surface area contributed by atoms with Crippen LogP contribution >= 0.6 is 11.6 Å². The lowest BCUT2D eigenvalue weighted by Gasteiger charge is -2.35. The summed E-state index contributed by atoms with van der Waals surface area (Å²) in [5, 5.41) is 1.89. The number of aromatic nitrogens is 1. The fourth-order valence-corrected chi connectivity index (χ4v) is 4.03. The van der Waals surface area contributed by atoms with Crippen molar-refractivity contribution in [3.05, 3.63) is 69.9 Å². The lowest BCUT2D eigenvalue weighted by molar-refractivity contribution is 0.0932. The molecular formula is C21H21ClN2O2. The average Bonchev–Trinajstić information content (AvgIpc) is 2.99. The number of hydrogen-bond acceptors (Lipinski definition) is 2. The second-order valence-corrected chi connectivity index (χ2v) is 7.10. The minimum absolute atomic E-state index is 0.232. The first kappa shape index (κ1) is 17.0. The summed E-state index contributed by atoms with van der Waals surface area (Å²) >= 11 is 6.23. The standard InChI is InChI=1S/C21H21ClN2O2/c1-3-26-21(25)24-10-9-16-17-11-13(2)7-8-18(17)23-19(16)20(24)14-5-4-6-15(22)12-14/h4-8,11-12,20,23H,3,9-10H2,1-2H3.